The fourth-order valence-corrected chi connectivity index (χ4v) is 4.43. The molecule has 0 radical (unpaired) electrons. The first kappa shape index (κ1) is 18.3. The fraction of sp³-hybridized carbons (Fsp3) is 0.765. The molecule has 0 saturated carbocycles. The highest BCUT2D eigenvalue weighted by Crippen LogP contribution is 2.31. The first-order valence-electron chi connectivity index (χ1n) is 8.40. The van der Waals surface area contributed by atoms with Crippen LogP contribution in [0.1, 0.15) is 39.8 Å². The monoisotopic (exact) mass is 339 g/mol. The average Bonchev–Trinajstić information content (AvgIpc) is 2.83. The van der Waals surface area contributed by atoms with E-state index in [0.717, 1.165) is 23.9 Å². The van der Waals surface area contributed by atoms with Gasteiger partial charge in [0.1, 0.15) is 0 Å². The second-order valence-corrected chi connectivity index (χ2v) is 8.33. The van der Waals surface area contributed by atoms with Crippen LogP contribution in [0.4, 0.5) is 0 Å². The van der Waals surface area contributed by atoms with Gasteiger partial charge in [-0.2, -0.15) is 0 Å². The number of amides is 1. The standard InChI is InChI=1S/C17H29N3O2S/c1-11(2)15(23-17-18-7-14(10-21)19(17)5)16(22)20-8-12(3)6-13(4)9-20/h7,11-13,15,21H,6,8-10H2,1-5H3. The molecule has 1 aromatic heterocycles. The second-order valence-electron chi connectivity index (χ2n) is 7.22. The van der Waals surface area contributed by atoms with Crippen LogP contribution >= 0.6 is 11.8 Å². The number of carbonyl (C=O) groups is 1. The minimum atomic E-state index is -0.139. The minimum absolute atomic E-state index is 0.0362. The Hall–Kier alpha value is -1.01. The van der Waals surface area contributed by atoms with Gasteiger partial charge in [0, 0.05) is 20.1 Å². The number of piperidine rings is 1. The Morgan fingerprint density at radius 3 is 2.48 bits per heavy atom. The highest BCUT2D eigenvalue weighted by atomic mass is 32.2. The Balaban J connectivity index is 2.14. The number of nitrogens with zero attached hydrogens (tertiary/aromatic N) is 3. The summed E-state index contributed by atoms with van der Waals surface area (Å²) in [4.78, 5) is 19.4. The maximum atomic E-state index is 13.0. The minimum Gasteiger partial charge on any atom is -0.390 e. The first-order valence-corrected chi connectivity index (χ1v) is 9.28. The summed E-state index contributed by atoms with van der Waals surface area (Å²) < 4.78 is 1.87. The van der Waals surface area contributed by atoms with Crippen LogP contribution in [0.2, 0.25) is 0 Å². The van der Waals surface area contributed by atoms with E-state index in [2.05, 4.69) is 32.7 Å². The van der Waals surface area contributed by atoms with Crippen molar-refractivity contribution in [2.45, 2.75) is 51.1 Å². The van der Waals surface area contributed by atoms with Crippen molar-refractivity contribution >= 4 is 17.7 Å². The van der Waals surface area contributed by atoms with Gasteiger partial charge in [-0.25, -0.2) is 4.98 Å². The van der Waals surface area contributed by atoms with Crippen molar-refractivity contribution in [1.29, 1.82) is 0 Å². The van der Waals surface area contributed by atoms with Gasteiger partial charge in [-0.1, -0.05) is 39.5 Å². The zero-order valence-corrected chi connectivity index (χ0v) is 15.6. The predicted molar refractivity (Wildman–Crippen MR) is 93.1 cm³/mol. The summed E-state index contributed by atoms with van der Waals surface area (Å²) in [6.07, 6.45) is 2.87. The third-order valence-electron chi connectivity index (χ3n) is 4.47. The lowest BCUT2D eigenvalue weighted by atomic mass is 9.91. The van der Waals surface area contributed by atoms with Crippen molar-refractivity contribution in [2.75, 3.05) is 13.1 Å². The molecule has 1 N–H and O–H groups in total. The van der Waals surface area contributed by atoms with E-state index in [4.69, 9.17) is 0 Å². The van der Waals surface area contributed by atoms with Gasteiger partial charge in [-0.3, -0.25) is 4.79 Å². The van der Waals surface area contributed by atoms with Crippen LogP contribution in [-0.4, -0.2) is 43.8 Å². The molecule has 2 heterocycles. The molecule has 0 bridgehead atoms. The molecule has 3 unspecified atom stereocenters. The zero-order valence-electron chi connectivity index (χ0n) is 14.8. The van der Waals surface area contributed by atoms with Gasteiger partial charge in [0.2, 0.25) is 5.91 Å². The van der Waals surface area contributed by atoms with Crippen molar-refractivity contribution < 1.29 is 9.90 Å². The molecule has 1 aromatic rings. The average molecular weight is 340 g/mol. The summed E-state index contributed by atoms with van der Waals surface area (Å²) in [5.74, 6) is 1.58. The van der Waals surface area contributed by atoms with Gasteiger partial charge >= 0.3 is 0 Å². The first-order chi connectivity index (χ1) is 10.8. The van der Waals surface area contributed by atoms with Gasteiger partial charge in [0.15, 0.2) is 5.16 Å². The number of carbonyl (C=O) groups excluding carboxylic acids is 1. The topological polar surface area (TPSA) is 58.4 Å². The summed E-state index contributed by atoms with van der Waals surface area (Å²) >= 11 is 1.51. The third-order valence-corrected chi connectivity index (χ3v) is 6.06. The molecular weight excluding hydrogens is 310 g/mol. The SMILES string of the molecule is CC1CC(C)CN(C(=O)C(Sc2ncc(CO)n2C)C(C)C)C1. The maximum Gasteiger partial charge on any atom is 0.236 e. The van der Waals surface area contributed by atoms with Crippen molar-refractivity contribution in [2.24, 2.45) is 24.8 Å². The van der Waals surface area contributed by atoms with E-state index in [-0.39, 0.29) is 23.7 Å². The van der Waals surface area contributed by atoms with E-state index in [1.54, 1.807) is 6.20 Å². The molecule has 5 nitrogen and oxygen atoms in total. The number of thioether (sulfide) groups is 1. The molecule has 0 aromatic carbocycles. The molecule has 0 aliphatic carbocycles. The van der Waals surface area contributed by atoms with Crippen LogP contribution < -0.4 is 0 Å². The molecule has 1 aliphatic heterocycles. The number of imidazole rings is 1. The van der Waals surface area contributed by atoms with Gasteiger partial charge < -0.3 is 14.6 Å². The summed E-state index contributed by atoms with van der Waals surface area (Å²) in [5.41, 5.74) is 0.766. The number of hydrogen-bond acceptors (Lipinski definition) is 4. The number of aliphatic hydroxyl groups is 1. The lowest BCUT2D eigenvalue weighted by molar-refractivity contribution is -0.134. The number of aromatic nitrogens is 2. The maximum absolute atomic E-state index is 13.0. The van der Waals surface area contributed by atoms with Crippen molar-refractivity contribution in [3.63, 3.8) is 0 Å². The molecule has 1 fully saturated rings. The molecule has 1 saturated heterocycles. The Kier molecular flexibility index (Phi) is 6.14. The smallest absolute Gasteiger partial charge is 0.236 e. The molecule has 1 amide bonds. The molecule has 3 atom stereocenters. The lowest BCUT2D eigenvalue weighted by Gasteiger charge is -2.37. The largest absolute Gasteiger partial charge is 0.390 e. The number of aliphatic hydroxyl groups excluding tert-OH is 1. The third kappa shape index (κ3) is 4.29. The van der Waals surface area contributed by atoms with E-state index >= 15 is 0 Å². The van der Waals surface area contributed by atoms with Crippen LogP contribution in [0.25, 0.3) is 0 Å². The summed E-state index contributed by atoms with van der Waals surface area (Å²) in [5, 5.41) is 9.95. The number of rotatable bonds is 5. The molecule has 1 aliphatic rings. The lowest BCUT2D eigenvalue weighted by Crippen LogP contribution is -2.47. The van der Waals surface area contributed by atoms with Crippen LogP contribution in [0.15, 0.2) is 11.4 Å². The van der Waals surface area contributed by atoms with Crippen LogP contribution in [0.5, 0.6) is 0 Å². The Bertz CT molecular complexity index is 534. The van der Waals surface area contributed by atoms with E-state index in [1.165, 1.54) is 18.2 Å². The Labute approximate surface area is 143 Å². The quantitative estimate of drug-likeness (QED) is 0.838. The normalized spacial score (nSPS) is 23.3. The number of hydrogen-bond donors (Lipinski definition) is 1. The van der Waals surface area contributed by atoms with Crippen molar-refractivity contribution in [1.82, 2.24) is 14.5 Å². The van der Waals surface area contributed by atoms with Crippen molar-refractivity contribution in [3.8, 4) is 0 Å². The van der Waals surface area contributed by atoms with E-state index in [1.807, 2.05) is 16.5 Å². The second kappa shape index (κ2) is 7.71. The Morgan fingerprint density at radius 2 is 2.00 bits per heavy atom. The van der Waals surface area contributed by atoms with Crippen molar-refractivity contribution in [3.05, 3.63) is 11.9 Å². The summed E-state index contributed by atoms with van der Waals surface area (Å²) in [6.45, 7) is 10.3. The summed E-state index contributed by atoms with van der Waals surface area (Å²) in [7, 11) is 1.88. The highest BCUT2D eigenvalue weighted by Gasteiger charge is 2.33. The molecule has 23 heavy (non-hydrogen) atoms. The zero-order chi connectivity index (χ0) is 17.1. The van der Waals surface area contributed by atoms with Gasteiger partial charge in [0.25, 0.3) is 0 Å². The summed E-state index contributed by atoms with van der Waals surface area (Å²) in [6, 6.07) is 0. The van der Waals surface area contributed by atoms with Crippen LogP contribution in [0, 0.1) is 17.8 Å². The Morgan fingerprint density at radius 1 is 1.39 bits per heavy atom. The van der Waals surface area contributed by atoms with Gasteiger partial charge in [0.05, 0.1) is 23.7 Å². The fourth-order valence-electron chi connectivity index (χ4n) is 3.29. The molecule has 130 valence electrons. The van der Waals surface area contributed by atoms with E-state index < -0.39 is 0 Å². The number of likely N-dealkylation sites (tertiary alicyclic amines) is 1. The molecule has 2 rings (SSSR count). The van der Waals surface area contributed by atoms with Gasteiger partial charge in [-0.15, -0.1) is 0 Å². The highest BCUT2D eigenvalue weighted by molar-refractivity contribution is 8.00. The van der Waals surface area contributed by atoms with Crippen LogP contribution in [0.3, 0.4) is 0 Å². The van der Waals surface area contributed by atoms with E-state index in [0.29, 0.717) is 11.8 Å². The molecule has 0 spiro atoms. The predicted octanol–water partition coefficient (Wildman–Crippen LogP) is 2.53. The molecular formula is C17H29N3O2S. The van der Waals surface area contributed by atoms with Crippen LogP contribution in [-0.2, 0) is 18.4 Å². The van der Waals surface area contributed by atoms with E-state index in [9.17, 15) is 9.90 Å². The van der Waals surface area contributed by atoms with Gasteiger partial charge in [-0.05, 0) is 24.2 Å². The molecule has 6 heteroatoms.